The van der Waals surface area contributed by atoms with Gasteiger partial charge in [0.2, 0.25) is 5.88 Å². The predicted octanol–water partition coefficient (Wildman–Crippen LogP) is 4.17. The molecule has 0 bridgehead atoms. The Hall–Kier alpha value is -2.70. The van der Waals surface area contributed by atoms with Gasteiger partial charge in [0.25, 0.3) is 5.91 Å². The van der Waals surface area contributed by atoms with E-state index in [9.17, 15) is 4.79 Å². The van der Waals surface area contributed by atoms with Crippen molar-refractivity contribution in [2.45, 2.75) is 24.8 Å². The molecule has 0 spiro atoms. The van der Waals surface area contributed by atoms with E-state index in [0.717, 1.165) is 34.5 Å². The molecule has 0 unspecified atom stereocenters. The number of thiophene rings is 1. The van der Waals surface area contributed by atoms with E-state index in [1.807, 2.05) is 17.5 Å². The van der Waals surface area contributed by atoms with Gasteiger partial charge in [-0.05, 0) is 42.3 Å². The van der Waals surface area contributed by atoms with E-state index in [-0.39, 0.29) is 18.1 Å². The van der Waals surface area contributed by atoms with Gasteiger partial charge in [-0.3, -0.25) is 4.79 Å². The lowest BCUT2D eigenvalue weighted by atomic mass is 9.72. The molecule has 2 N–H and O–H groups in total. The summed E-state index contributed by atoms with van der Waals surface area (Å²) in [5, 5.41) is 2.04. The molecule has 6 heteroatoms. The van der Waals surface area contributed by atoms with Gasteiger partial charge in [-0.1, -0.05) is 30.3 Å². The monoisotopic (exact) mass is 391 g/mol. The van der Waals surface area contributed by atoms with Gasteiger partial charge >= 0.3 is 0 Å². The van der Waals surface area contributed by atoms with Gasteiger partial charge < -0.3 is 15.4 Å². The van der Waals surface area contributed by atoms with Crippen LogP contribution in [0.1, 0.15) is 24.8 Å². The zero-order valence-electron chi connectivity index (χ0n) is 15.6. The van der Waals surface area contributed by atoms with Crippen LogP contribution in [0.25, 0.3) is 21.7 Å². The first-order valence-corrected chi connectivity index (χ1v) is 10.3. The fraction of sp³-hybridized carbons (Fsp3) is 0.273. The van der Waals surface area contributed by atoms with Crippen molar-refractivity contribution in [3.63, 3.8) is 0 Å². The van der Waals surface area contributed by atoms with Gasteiger partial charge in [-0.25, -0.2) is 4.98 Å². The molecule has 0 radical (unpaired) electrons. The molecule has 5 nitrogen and oxygen atoms in total. The minimum absolute atomic E-state index is 0.0168. The Morgan fingerprint density at radius 1 is 1.21 bits per heavy atom. The summed E-state index contributed by atoms with van der Waals surface area (Å²) in [6.45, 7) is 0.0168. The Morgan fingerprint density at radius 3 is 2.64 bits per heavy atom. The minimum Gasteiger partial charge on any atom is -0.466 e. The van der Waals surface area contributed by atoms with E-state index < -0.39 is 0 Å². The molecule has 1 aromatic carbocycles. The number of hydrogen-bond donors (Lipinski definition) is 1. The average Bonchev–Trinajstić information content (AvgIpc) is 3.23. The third-order valence-corrected chi connectivity index (χ3v) is 6.71. The van der Waals surface area contributed by atoms with Crippen LogP contribution in [0.3, 0.4) is 0 Å². The highest BCUT2D eigenvalue weighted by molar-refractivity contribution is 7.13. The summed E-state index contributed by atoms with van der Waals surface area (Å²) < 4.78 is 5.63. The molecule has 3 aromatic rings. The molecule has 1 aliphatic heterocycles. The van der Waals surface area contributed by atoms with E-state index in [1.165, 1.54) is 12.0 Å². The van der Waals surface area contributed by atoms with Crippen molar-refractivity contribution in [3.8, 4) is 27.6 Å². The van der Waals surface area contributed by atoms with Crippen molar-refractivity contribution >= 4 is 22.9 Å². The topological polar surface area (TPSA) is 68.5 Å². The second kappa shape index (κ2) is 6.43. The van der Waals surface area contributed by atoms with E-state index in [4.69, 9.17) is 15.5 Å². The van der Waals surface area contributed by atoms with Crippen molar-refractivity contribution in [3.05, 3.63) is 53.4 Å². The zero-order chi connectivity index (χ0) is 19.3. The number of aromatic nitrogens is 1. The number of hydrogen-bond acceptors (Lipinski definition) is 5. The maximum absolute atomic E-state index is 12.0. The molecule has 2 aliphatic rings. The average molecular weight is 391 g/mol. The zero-order valence-corrected chi connectivity index (χ0v) is 16.5. The molecule has 142 valence electrons. The molecular formula is C22H21N3O2S. The highest BCUT2D eigenvalue weighted by Gasteiger charge is 2.34. The quantitative estimate of drug-likeness (QED) is 0.728. The summed E-state index contributed by atoms with van der Waals surface area (Å²) in [4.78, 5) is 19.6. The standard InChI is InChI=1S/C22H21N3O2S/c1-25-17-12-16(18-4-2-11-28-18)20(24-21(17)27-13-19(25)26)14-5-7-15(8-6-14)22(23)9-3-10-22/h2,4-8,11-12H,3,9-10,13,23H2,1H3. The molecule has 28 heavy (non-hydrogen) atoms. The number of likely N-dealkylation sites (N-methyl/N-ethyl adjacent to an activating group) is 1. The lowest BCUT2D eigenvalue weighted by molar-refractivity contribution is -0.121. The predicted molar refractivity (Wildman–Crippen MR) is 112 cm³/mol. The third kappa shape index (κ3) is 2.72. The first kappa shape index (κ1) is 17.4. The number of pyridine rings is 1. The number of carbonyl (C=O) groups is 1. The highest BCUT2D eigenvalue weighted by Crippen LogP contribution is 2.42. The van der Waals surface area contributed by atoms with Crippen LogP contribution in [0.2, 0.25) is 0 Å². The Labute approximate surface area is 167 Å². The summed E-state index contributed by atoms with van der Waals surface area (Å²) in [5.41, 5.74) is 11.0. The van der Waals surface area contributed by atoms with Crippen LogP contribution in [-0.4, -0.2) is 24.5 Å². The summed E-state index contributed by atoms with van der Waals surface area (Å²) in [6.07, 6.45) is 3.27. The second-order valence-corrected chi connectivity index (χ2v) is 8.46. The molecule has 0 atom stereocenters. The van der Waals surface area contributed by atoms with Gasteiger partial charge in [0.05, 0.1) is 5.69 Å². The highest BCUT2D eigenvalue weighted by atomic mass is 32.1. The van der Waals surface area contributed by atoms with E-state index in [0.29, 0.717) is 11.6 Å². The molecule has 3 heterocycles. The molecule has 1 saturated carbocycles. The van der Waals surface area contributed by atoms with Crippen LogP contribution in [-0.2, 0) is 10.3 Å². The van der Waals surface area contributed by atoms with Gasteiger partial charge in [-0.2, -0.15) is 0 Å². The Kier molecular flexibility index (Phi) is 4.00. The van der Waals surface area contributed by atoms with Gasteiger partial charge in [0.15, 0.2) is 6.61 Å². The van der Waals surface area contributed by atoms with E-state index >= 15 is 0 Å². The molecule has 0 saturated heterocycles. The maximum Gasteiger partial charge on any atom is 0.264 e. The largest absolute Gasteiger partial charge is 0.466 e. The Bertz CT molecular complexity index is 1040. The lowest BCUT2D eigenvalue weighted by Crippen LogP contribution is -2.43. The number of nitrogens with zero attached hydrogens (tertiary/aromatic N) is 2. The number of carbonyl (C=O) groups excluding carboxylic acids is 1. The molecule has 1 aliphatic carbocycles. The maximum atomic E-state index is 12.0. The van der Waals surface area contributed by atoms with Gasteiger partial charge in [0, 0.05) is 28.6 Å². The van der Waals surface area contributed by atoms with Crippen molar-refractivity contribution in [2.24, 2.45) is 5.73 Å². The number of fused-ring (bicyclic) bond motifs is 1. The van der Waals surface area contributed by atoms with Gasteiger partial charge in [0.1, 0.15) is 5.69 Å². The first-order chi connectivity index (χ1) is 13.5. The van der Waals surface area contributed by atoms with Crippen LogP contribution in [0.4, 0.5) is 5.69 Å². The Morgan fingerprint density at radius 2 is 2.00 bits per heavy atom. The summed E-state index contributed by atoms with van der Waals surface area (Å²) in [7, 11) is 1.76. The molecule has 5 rings (SSSR count). The second-order valence-electron chi connectivity index (χ2n) is 7.51. The van der Waals surface area contributed by atoms with Crippen molar-refractivity contribution in [1.29, 1.82) is 0 Å². The lowest BCUT2D eigenvalue weighted by Gasteiger charge is -2.38. The van der Waals surface area contributed by atoms with Gasteiger partial charge in [-0.15, -0.1) is 11.3 Å². The summed E-state index contributed by atoms with van der Waals surface area (Å²) in [6, 6.07) is 14.5. The third-order valence-electron chi connectivity index (χ3n) is 5.80. The normalized spacial score (nSPS) is 17.6. The molecular weight excluding hydrogens is 370 g/mol. The number of nitrogens with two attached hydrogens (primary N) is 1. The van der Waals surface area contributed by atoms with E-state index in [2.05, 4.69) is 30.3 Å². The van der Waals surface area contributed by atoms with Crippen molar-refractivity contribution in [2.75, 3.05) is 18.6 Å². The number of ether oxygens (including phenoxy) is 1. The van der Waals surface area contributed by atoms with E-state index in [1.54, 1.807) is 23.3 Å². The van der Waals surface area contributed by atoms with Crippen LogP contribution in [0.15, 0.2) is 47.8 Å². The number of amides is 1. The molecule has 1 fully saturated rings. The van der Waals surface area contributed by atoms with Crippen LogP contribution >= 0.6 is 11.3 Å². The smallest absolute Gasteiger partial charge is 0.264 e. The van der Waals surface area contributed by atoms with Crippen LogP contribution in [0, 0.1) is 0 Å². The SMILES string of the molecule is CN1C(=O)COc2nc(-c3ccc(C4(N)CCC4)cc3)c(-c3cccs3)cc21. The molecule has 2 aromatic heterocycles. The number of benzene rings is 1. The van der Waals surface area contributed by atoms with Crippen LogP contribution in [0.5, 0.6) is 5.88 Å². The minimum atomic E-state index is -0.176. The van der Waals surface area contributed by atoms with Crippen LogP contribution < -0.4 is 15.4 Å². The summed E-state index contributed by atoms with van der Waals surface area (Å²) in [5.74, 6) is 0.424. The fourth-order valence-electron chi connectivity index (χ4n) is 3.84. The Balaban J connectivity index is 1.63. The fourth-order valence-corrected chi connectivity index (χ4v) is 4.58. The van der Waals surface area contributed by atoms with Crippen molar-refractivity contribution in [1.82, 2.24) is 4.98 Å². The first-order valence-electron chi connectivity index (χ1n) is 9.43. The molecule has 1 amide bonds. The number of rotatable bonds is 3. The van der Waals surface area contributed by atoms with Crippen molar-refractivity contribution < 1.29 is 9.53 Å². The summed E-state index contributed by atoms with van der Waals surface area (Å²) >= 11 is 1.65. The number of anilines is 1.